The van der Waals surface area contributed by atoms with Gasteiger partial charge < -0.3 is 10.2 Å². The van der Waals surface area contributed by atoms with Gasteiger partial charge in [0.15, 0.2) is 9.84 Å². The lowest BCUT2D eigenvalue weighted by molar-refractivity contribution is 0.0718. The molecule has 132 valence electrons. The molecule has 0 atom stereocenters. The van der Waals surface area contributed by atoms with Crippen LogP contribution in [0.1, 0.15) is 23.2 Å². The molecule has 1 aliphatic heterocycles. The maximum atomic E-state index is 12.6. The Bertz CT molecular complexity index is 825. The van der Waals surface area contributed by atoms with Gasteiger partial charge in [-0.2, -0.15) is 0 Å². The van der Waals surface area contributed by atoms with Crippen LogP contribution < -0.4 is 5.32 Å². The molecule has 1 aliphatic rings. The minimum Gasteiger partial charge on any atom is -0.382 e. The SMILES string of the molecule is CS(=O)(=O)c1ccc(C(=O)N2CCC(Nc3ccccc3)CC2)cc1. The van der Waals surface area contributed by atoms with Crippen molar-refractivity contribution in [3.8, 4) is 0 Å². The molecule has 0 unspecified atom stereocenters. The van der Waals surface area contributed by atoms with Crippen LogP contribution in [-0.2, 0) is 9.84 Å². The van der Waals surface area contributed by atoms with Crippen LogP contribution in [0.3, 0.4) is 0 Å². The van der Waals surface area contributed by atoms with Crippen molar-refractivity contribution >= 4 is 21.4 Å². The van der Waals surface area contributed by atoms with E-state index >= 15 is 0 Å². The van der Waals surface area contributed by atoms with E-state index < -0.39 is 9.84 Å². The summed E-state index contributed by atoms with van der Waals surface area (Å²) in [5.41, 5.74) is 1.63. The number of anilines is 1. The van der Waals surface area contributed by atoms with E-state index in [1.165, 1.54) is 12.1 Å². The van der Waals surface area contributed by atoms with Crippen molar-refractivity contribution in [2.24, 2.45) is 0 Å². The van der Waals surface area contributed by atoms with Crippen molar-refractivity contribution in [1.29, 1.82) is 0 Å². The van der Waals surface area contributed by atoms with Gasteiger partial charge in [0.05, 0.1) is 4.90 Å². The standard InChI is InChI=1S/C19H22N2O3S/c1-25(23,24)18-9-7-15(8-10-18)19(22)21-13-11-17(12-14-21)20-16-5-3-2-4-6-16/h2-10,17,20H,11-14H2,1H3. The van der Waals surface area contributed by atoms with E-state index in [2.05, 4.69) is 5.32 Å². The molecule has 0 spiro atoms. The van der Waals surface area contributed by atoms with E-state index in [0.29, 0.717) is 24.7 Å². The van der Waals surface area contributed by atoms with Crippen molar-refractivity contribution in [3.63, 3.8) is 0 Å². The monoisotopic (exact) mass is 358 g/mol. The second-order valence-electron chi connectivity index (χ2n) is 6.37. The molecule has 0 aromatic heterocycles. The third kappa shape index (κ3) is 4.39. The Hall–Kier alpha value is -2.34. The van der Waals surface area contributed by atoms with E-state index in [4.69, 9.17) is 0 Å². The third-order valence-corrected chi connectivity index (χ3v) is 5.58. The summed E-state index contributed by atoms with van der Waals surface area (Å²) in [6, 6.07) is 16.6. The molecule has 2 aromatic rings. The molecule has 0 aliphatic carbocycles. The maximum Gasteiger partial charge on any atom is 0.253 e. The molecule has 25 heavy (non-hydrogen) atoms. The molecule has 1 saturated heterocycles. The van der Waals surface area contributed by atoms with Crippen LogP contribution in [0.5, 0.6) is 0 Å². The molecule has 0 saturated carbocycles. The number of benzene rings is 2. The second kappa shape index (κ2) is 7.27. The minimum absolute atomic E-state index is 0.0433. The average Bonchev–Trinajstić information content (AvgIpc) is 2.62. The Morgan fingerprint density at radius 3 is 2.16 bits per heavy atom. The number of amides is 1. The average molecular weight is 358 g/mol. The third-order valence-electron chi connectivity index (χ3n) is 4.46. The van der Waals surface area contributed by atoms with Gasteiger partial charge in [-0.25, -0.2) is 8.42 Å². The summed E-state index contributed by atoms with van der Waals surface area (Å²) < 4.78 is 23.0. The lowest BCUT2D eigenvalue weighted by Gasteiger charge is -2.33. The predicted molar refractivity (Wildman–Crippen MR) is 98.5 cm³/mol. The van der Waals surface area contributed by atoms with E-state index in [-0.39, 0.29) is 10.8 Å². The number of sulfone groups is 1. The fraction of sp³-hybridized carbons (Fsp3) is 0.316. The summed E-state index contributed by atoms with van der Waals surface area (Å²) in [6.45, 7) is 1.38. The number of piperidine rings is 1. The molecule has 1 heterocycles. The minimum atomic E-state index is -3.24. The van der Waals surface area contributed by atoms with Crippen LogP contribution in [0.4, 0.5) is 5.69 Å². The highest BCUT2D eigenvalue weighted by Crippen LogP contribution is 2.19. The first-order chi connectivity index (χ1) is 11.9. The summed E-state index contributed by atoms with van der Waals surface area (Å²) >= 11 is 0. The van der Waals surface area contributed by atoms with Gasteiger partial charge in [-0.15, -0.1) is 0 Å². The van der Waals surface area contributed by atoms with Crippen LogP contribution in [0.15, 0.2) is 59.5 Å². The van der Waals surface area contributed by atoms with E-state index in [1.807, 2.05) is 35.2 Å². The van der Waals surface area contributed by atoms with Gasteiger partial charge in [0.2, 0.25) is 0 Å². The quantitative estimate of drug-likeness (QED) is 0.913. The highest BCUT2D eigenvalue weighted by Gasteiger charge is 2.23. The van der Waals surface area contributed by atoms with Crippen LogP contribution in [0.2, 0.25) is 0 Å². The summed E-state index contributed by atoms with van der Waals surface area (Å²) in [5.74, 6) is -0.0433. The summed E-state index contributed by atoms with van der Waals surface area (Å²) in [4.78, 5) is 14.6. The number of nitrogens with one attached hydrogen (secondary N) is 1. The number of para-hydroxylation sites is 1. The largest absolute Gasteiger partial charge is 0.382 e. The fourth-order valence-corrected chi connectivity index (χ4v) is 3.65. The molecule has 0 bridgehead atoms. The van der Waals surface area contributed by atoms with Gasteiger partial charge >= 0.3 is 0 Å². The predicted octanol–water partition coefficient (Wildman–Crippen LogP) is 2.81. The molecule has 3 rings (SSSR count). The zero-order chi connectivity index (χ0) is 17.9. The van der Waals surface area contributed by atoms with Gasteiger partial charge in [-0.05, 0) is 49.2 Å². The molecule has 6 heteroatoms. The first kappa shape index (κ1) is 17.5. The lowest BCUT2D eigenvalue weighted by atomic mass is 10.0. The lowest BCUT2D eigenvalue weighted by Crippen LogP contribution is -2.42. The fourth-order valence-electron chi connectivity index (χ4n) is 3.02. The Morgan fingerprint density at radius 2 is 1.60 bits per heavy atom. The molecule has 1 N–H and O–H groups in total. The van der Waals surface area contributed by atoms with Crippen LogP contribution in [0, 0.1) is 0 Å². The smallest absolute Gasteiger partial charge is 0.253 e. The first-order valence-corrected chi connectivity index (χ1v) is 10.2. The van der Waals surface area contributed by atoms with Gasteiger partial charge in [0, 0.05) is 36.6 Å². The Morgan fingerprint density at radius 1 is 1.00 bits per heavy atom. The zero-order valence-corrected chi connectivity index (χ0v) is 15.0. The van der Waals surface area contributed by atoms with Gasteiger partial charge in [0.1, 0.15) is 0 Å². The number of carbonyl (C=O) groups excluding carboxylic acids is 1. The van der Waals surface area contributed by atoms with E-state index in [9.17, 15) is 13.2 Å². The summed E-state index contributed by atoms with van der Waals surface area (Å²) in [5, 5.41) is 3.50. The van der Waals surface area contributed by atoms with Crippen molar-refractivity contribution in [2.75, 3.05) is 24.7 Å². The molecular weight excluding hydrogens is 336 g/mol. The molecular formula is C19H22N2O3S. The molecule has 1 fully saturated rings. The zero-order valence-electron chi connectivity index (χ0n) is 14.2. The number of rotatable bonds is 4. The maximum absolute atomic E-state index is 12.6. The first-order valence-electron chi connectivity index (χ1n) is 8.34. The molecule has 0 radical (unpaired) electrons. The van der Waals surface area contributed by atoms with Gasteiger partial charge in [-0.1, -0.05) is 18.2 Å². The van der Waals surface area contributed by atoms with Crippen molar-refractivity contribution in [2.45, 2.75) is 23.8 Å². The van der Waals surface area contributed by atoms with Gasteiger partial charge in [0.25, 0.3) is 5.91 Å². The summed E-state index contributed by atoms with van der Waals surface area (Å²) in [7, 11) is -3.24. The summed E-state index contributed by atoms with van der Waals surface area (Å²) in [6.07, 6.45) is 2.94. The normalized spacial score (nSPS) is 15.8. The number of likely N-dealkylation sites (tertiary alicyclic amines) is 1. The van der Waals surface area contributed by atoms with Crippen LogP contribution in [-0.4, -0.2) is 44.6 Å². The van der Waals surface area contributed by atoms with Crippen molar-refractivity contribution < 1.29 is 13.2 Å². The number of carbonyl (C=O) groups is 1. The topological polar surface area (TPSA) is 66.5 Å². The van der Waals surface area contributed by atoms with E-state index in [1.54, 1.807) is 12.1 Å². The van der Waals surface area contributed by atoms with Crippen LogP contribution >= 0.6 is 0 Å². The second-order valence-corrected chi connectivity index (χ2v) is 8.39. The highest BCUT2D eigenvalue weighted by molar-refractivity contribution is 7.90. The van der Waals surface area contributed by atoms with Crippen molar-refractivity contribution in [3.05, 3.63) is 60.2 Å². The molecule has 1 amide bonds. The molecule has 5 nitrogen and oxygen atoms in total. The van der Waals surface area contributed by atoms with Gasteiger partial charge in [-0.3, -0.25) is 4.79 Å². The highest BCUT2D eigenvalue weighted by atomic mass is 32.2. The number of hydrogen-bond acceptors (Lipinski definition) is 4. The van der Waals surface area contributed by atoms with Crippen molar-refractivity contribution in [1.82, 2.24) is 4.90 Å². The number of hydrogen-bond donors (Lipinski definition) is 1. The Balaban J connectivity index is 1.58. The van der Waals surface area contributed by atoms with E-state index in [0.717, 1.165) is 24.8 Å². The van der Waals surface area contributed by atoms with Crippen LogP contribution in [0.25, 0.3) is 0 Å². The molecule has 2 aromatic carbocycles. The number of nitrogens with zero attached hydrogens (tertiary/aromatic N) is 1. The Kier molecular flexibility index (Phi) is 5.08. The Labute approximate surface area is 148 Å².